The zero-order chi connectivity index (χ0) is 13.4. The molecule has 1 aromatic carbocycles. The fourth-order valence-electron chi connectivity index (χ4n) is 1.52. The molecule has 17 heavy (non-hydrogen) atoms. The molecule has 3 N–H and O–H groups in total. The van der Waals surface area contributed by atoms with Crippen LogP contribution in [0, 0.1) is 17.5 Å². The van der Waals surface area contributed by atoms with Gasteiger partial charge in [-0.1, -0.05) is 13.8 Å². The van der Waals surface area contributed by atoms with Crippen LogP contribution in [0.4, 0.5) is 13.2 Å². The minimum Gasteiger partial charge on any atom is -0.395 e. The molecule has 0 unspecified atom stereocenters. The van der Waals surface area contributed by atoms with E-state index in [0.29, 0.717) is 6.07 Å². The molecule has 0 saturated carbocycles. The zero-order valence-corrected chi connectivity index (χ0v) is 9.35. The number of hydrogen-bond acceptors (Lipinski definition) is 2. The predicted molar refractivity (Wildman–Crippen MR) is 54.9 cm³/mol. The summed E-state index contributed by atoms with van der Waals surface area (Å²) in [4.78, 5) is 10.9. The third-order valence-corrected chi connectivity index (χ3v) is 2.49. The van der Waals surface area contributed by atoms with Crippen molar-refractivity contribution in [3.05, 3.63) is 34.6 Å². The summed E-state index contributed by atoms with van der Waals surface area (Å²) in [5.41, 5.74) is 1.97. The molecular weight excluding hydrogens is 235 g/mol. The zero-order valence-electron chi connectivity index (χ0n) is 9.35. The molecule has 0 saturated heterocycles. The smallest absolute Gasteiger partial charge is 0.254 e. The van der Waals surface area contributed by atoms with E-state index in [4.69, 9.17) is 10.8 Å². The Kier molecular flexibility index (Phi) is 3.47. The topological polar surface area (TPSA) is 63.3 Å². The van der Waals surface area contributed by atoms with E-state index in [0.717, 1.165) is 0 Å². The van der Waals surface area contributed by atoms with E-state index in [-0.39, 0.29) is 0 Å². The maximum absolute atomic E-state index is 13.8. The number of aliphatic hydroxyl groups is 1. The number of halogens is 3. The molecule has 94 valence electrons. The van der Waals surface area contributed by atoms with Crippen LogP contribution in [0.15, 0.2) is 6.07 Å². The second-order valence-corrected chi connectivity index (χ2v) is 4.31. The highest BCUT2D eigenvalue weighted by atomic mass is 19.1. The molecule has 1 amide bonds. The average molecular weight is 247 g/mol. The summed E-state index contributed by atoms with van der Waals surface area (Å²) >= 11 is 0. The van der Waals surface area contributed by atoms with Crippen molar-refractivity contribution in [3.8, 4) is 0 Å². The second kappa shape index (κ2) is 4.37. The van der Waals surface area contributed by atoms with Crippen molar-refractivity contribution in [1.29, 1.82) is 0 Å². The van der Waals surface area contributed by atoms with E-state index >= 15 is 0 Å². The summed E-state index contributed by atoms with van der Waals surface area (Å²) in [6.07, 6.45) is 0. The highest BCUT2D eigenvalue weighted by Gasteiger charge is 2.32. The van der Waals surface area contributed by atoms with Gasteiger partial charge in [0.25, 0.3) is 5.91 Å². The Morgan fingerprint density at radius 3 is 2.29 bits per heavy atom. The van der Waals surface area contributed by atoms with Crippen molar-refractivity contribution in [1.82, 2.24) is 0 Å². The summed E-state index contributed by atoms with van der Waals surface area (Å²) in [5.74, 6) is -5.21. The molecule has 3 nitrogen and oxygen atoms in total. The van der Waals surface area contributed by atoms with E-state index in [1.807, 2.05) is 0 Å². The molecule has 0 aliphatic rings. The van der Waals surface area contributed by atoms with Crippen molar-refractivity contribution in [2.24, 2.45) is 5.73 Å². The van der Waals surface area contributed by atoms with Crippen LogP contribution in [0.5, 0.6) is 0 Å². The van der Waals surface area contributed by atoms with Gasteiger partial charge in [0.15, 0.2) is 0 Å². The third kappa shape index (κ3) is 2.26. The van der Waals surface area contributed by atoms with Gasteiger partial charge in [-0.3, -0.25) is 4.79 Å². The number of benzene rings is 1. The van der Waals surface area contributed by atoms with Crippen LogP contribution in [-0.4, -0.2) is 17.6 Å². The van der Waals surface area contributed by atoms with E-state index in [1.54, 1.807) is 0 Å². The largest absolute Gasteiger partial charge is 0.395 e. The van der Waals surface area contributed by atoms with Gasteiger partial charge < -0.3 is 10.8 Å². The molecule has 0 bridgehead atoms. The lowest BCUT2D eigenvalue weighted by Crippen LogP contribution is -2.28. The fourth-order valence-corrected chi connectivity index (χ4v) is 1.52. The van der Waals surface area contributed by atoms with Crippen LogP contribution in [-0.2, 0) is 5.41 Å². The van der Waals surface area contributed by atoms with Crippen molar-refractivity contribution in [3.63, 3.8) is 0 Å². The van der Waals surface area contributed by atoms with Crippen molar-refractivity contribution in [2.45, 2.75) is 19.3 Å². The molecule has 0 spiro atoms. The number of amides is 1. The number of carbonyl (C=O) groups is 1. The van der Waals surface area contributed by atoms with Gasteiger partial charge in [0.05, 0.1) is 6.61 Å². The maximum atomic E-state index is 13.8. The molecule has 0 aliphatic carbocycles. The first-order valence-electron chi connectivity index (χ1n) is 4.81. The molecule has 0 atom stereocenters. The van der Waals surface area contributed by atoms with Crippen LogP contribution >= 0.6 is 0 Å². The Hall–Kier alpha value is -1.56. The SMILES string of the molecule is CC(C)(CO)c1c(F)cc(F)c(C(N)=O)c1F. The molecule has 0 aliphatic heterocycles. The molecule has 0 radical (unpaired) electrons. The summed E-state index contributed by atoms with van der Waals surface area (Å²) < 4.78 is 40.5. The van der Waals surface area contributed by atoms with E-state index in [1.165, 1.54) is 13.8 Å². The van der Waals surface area contributed by atoms with Crippen LogP contribution < -0.4 is 5.73 Å². The second-order valence-electron chi connectivity index (χ2n) is 4.31. The summed E-state index contributed by atoms with van der Waals surface area (Å²) in [5, 5.41) is 9.05. The van der Waals surface area contributed by atoms with Crippen molar-refractivity contribution >= 4 is 5.91 Å². The molecular formula is C11H12F3NO2. The summed E-state index contributed by atoms with van der Waals surface area (Å²) in [6, 6.07) is 0.385. The van der Waals surface area contributed by atoms with Gasteiger partial charge in [-0.2, -0.15) is 0 Å². The lowest BCUT2D eigenvalue weighted by molar-refractivity contribution is 0.0991. The van der Waals surface area contributed by atoms with Gasteiger partial charge in [0.1, 0.15) is 23.0 Å². The number of hydrogen-bond donors (Lipinski definition) is 2. The Balaban J connectivity index is 3.63. The summed E-state index contributed by atoms with van der Waals surface area (Å²) in [6.45, 7) is 2.15. The fraction of sp³-hybridized carbons (Fsp3) is 0.364. The predicted octanol–water partition coefficient (Wildman–Crippen LogP) is 1.47. The minimum absolute atomic E-state index is 0.385. The number of nitrogens with two attached hydrogens (primary N) is 1. The molecule has 1 rings (SSSR count). The lowest BCUT2D eigenvalue weighted by Gasteiger charge is -2.24. The molecule has 6 heteroatoms. The van der Waals surface area contributed by atoms with Crippen LogP contribution in [0.1, 0.15) is 29.8 Å². The maximum Gasteiger partial charge on any atom is 0.254 e. The summed E-state index contributed by atoms with van der Waals surface area (Å²) in [7, 11) is 0. The van der Waals surface area contributed by atoms with E-state index in [9.17, 15) is 18.0 Å². The van der Waals surface area contributed by atoms with Gasteiger partial charge in [-0.05, 0) is 0 Å². The minimum atomic E-state index is -1.37. The van der Waals surface area contributed by atoms with Gasteiger partial charge in [-0.25, -0.2) is 13.2 Å². The van der Waals surface area contributed by atoms with Crippen LogP contribution in [0.25, 0.3) is 0 Å². The first-order valence-corrected chi connectivity index (χ1v) is 4.81. The van der Waals surface area contributed by atoms with Gasteiger partial charge in [-0.15, -0.1) is 0 Å². The monoisotopic (exact) mass is 247 g/mol. The van der Waals surface area contributed by atoms with Gasteiger partial charge in [0, 0.05) is 17.0 Å². The van der Waals surface area contributed by atoms with Gasteiger partial charge in [0.2, 0.25) is 0 Å². The van der Waals surface area contributed by atoms with Crippen molar-refractivity contribution < 1.29 is 23.1 Å². The van der Waals surface area contributed by atoms with E-state index < -0.39 is 46.5 Å². The van der Waals surface area contributed by atoms with Crippen molar-refractivity contribution in [2.75, 3.05) is 6.61 Å². The molecule has 0 aromatic heterocycles. The molecule has 1 aromatic rings. The number of rotatable bonds is 3. The normalized spacial score (nSPS) is 11.6. The Bertz CT molecular complexity index is 472. The number of aliphatic hydroxyl groups excluding tert-OH is 1. The first kappa shape index (κ1) is 13.5. The molecule has 0 fully saturated rings. The van der Waals surface area contributed by atoms with Gasteiger partial charge >= 0.3 is 0 Å². The first-order chi connectivity index (χ1) is 7.72. The van der Waals surface area contributed by atoms with Crippen LogP contribution in [0.3, 0.4) is 0 Å². The highest BCUT2D eigenvalue weighted by Crippen LogP contribution is 2.30. The Morgan fingerprint density at radius 2 is 1.88 bits per heavy atom. The number of primary amides is 1. The van der Waals surface area contributed by atoms with Crippen LogP contribution in [0.2, 0.25) is 0 Å². The molecule has 0 heterocycles. The number of carbonyl (C=O) groups excluding carboxylic acids is 1. The standard InChI is InChI=1S/C11H12F3NO2/c1-11(2,4-16)8-6(13)3-5(12)7(9(8)14)10(15)17/h3,16H,4H2,1-2H3,(H2,15,17). The third-order valence-electron chi connectivity index (χ3n) is 2.49. The van der Waals surface area contributed by atoms with E-state index in [2.05, 4.69) is 0 Å². The highest BCUT2D eigenvalue weighted by molar-refractivity contribution is 5.93. The average Bonchev–Trinajstić information content (AvgIpc) is 2.15. The lowest BCUT2D eigenvalue weighted by atomic mass is 9.83. The quantitative estimate of drug-likeness (QED) is 0.849. The Morgan fingerprint density at radius 1 is 1.35 bits per heavy atom. The Labute approximate surface area is 96.0 Å².